The highest BCUT2D eigenvalue weighted by Crippen LogP contribution is 2.11. The van der Waals surface area contributed by atoms with E-state index in [4.69, 9.17) is 0 Å². The Kier molecular flexibility index (Phi) is 7.94. The van der Waals surface area contributed by atoms with Gasteiger partial charge in [-0.3, -0.25) is 4.79 Å². The molecule has 4 aromatic carbocycles. The van der Waals surface area contributed by atoms with Crippen LogP contribution in [0.1, 0.15) is 15.9 Å². The summed E-state index contributed by atoms with van der Waals surface area (Å²) in [7, 11) is -2.57. The Morgan fingerprint density at radius 1 is 0.639 bits per heavy atom. The Labute approximate surface area is 220 Å². The molecule has 4 heteroatoms. The molecule has 5 rings (SSSR count). The summed E-state index contributed by atoms with van der Waals surface area (Å²) in [5, 5.41) is 5.38. The van der Waals surface area contributed by atoms with Gasteiger partial charge in [0.1, 0.15) is 0 Å². The van der Waals surface area contributed by atoms with Gasteiger partial charge >= 0.3 is 0 Å². The number of rotatable bonds is 7. The minimum atomic E-state index is -2.57. The minimum Gasteiger partial charge on any atom is -1.00 e. The average Bonchev–Trinajstić information content (AvgIpc) is 2.92. The fraction of sp³-hybridized carbons (Fsp3) is 0.0625. The predicted octanol–water partition coefficient (Wildman–Crippen LogP) is 0.547. The number of halogens is 1. The first-order chi connectivity index (χ1) is 17.2. The molecule has 2 nitrogen and oxygen atoms in total. The fourth-order valence-electron chi connectivity index (χ4n) is 5.09. The zero-order valence-electron chi connectivity index (χ0n) is 20.2. The maximum Gasteiger partial charge on any atom is 0.227 e. The minimum absolute atomic E-state index is 0. The second kappa shape index (κ2) is 11.3. The van der Waals surface area contributed by atoms with Crippen molar-refractivity contribution < 1.29 is 21.8 Å². The number of Topliss-reactive ketones (excluding diaryl/α,β-unsaturated/α-hetero) is 1. The molecule has 0 bridgehead atoms. The van der Waals surface area contributed by atoms with E-state index in [1.54, 1.807) is 0 Å². The van der Waals surface area contributed by atoms with Crippen LogP contribution in [-0.2, 0) is 6.54 Å². The first-order valence-corrected chi connectivity index (χ1v) is 13.9. The van der Waals surface area contributed by atoms with Gasteiger partial charge in [-0.2, -0.15) is 4.57 Å². The average molecular weight is 506 g/mol. The molecule has 1 heterocycles. The number of benzene rings is 4. The quantitative estimate of drug-likeness (QED) is 0.137. The normalized spacial score (nSPS) is 10.9. The molecule has 0 aliphatic carbocycles. The maximum atomic E-state index is 12.9. The Bertz CT molecular complexity index is 1330. The van der Waals surface area contributed by atoms with Crippen LogP contribution in [0.2, 0.25) is 0 Å². The number of nitrogens with zero attached hydrogens (tertiary/aromatic N) is 1. The number of ketones is 1. The van der Waals surface area contributed by atoms with Crippen molar-refractivity contribution in [3.63, 3.8) is 0 Å². The summed E-state index contributed by atoms with van der Waals surface area (Å²) in [4.78, 5) is 12.9. The molecule has 0 unspecified atom stereocenters. The van der Waals surface area contributed by atoms with Crippen molar-refractivity contribution in [2.24, 2.45) is 0 Å². The van der Waals surface area contributed by atoms with E-state index in [9.17, 15) is 4.79 Å². The molecule has 36 heavy (non-hydrogen) atoms. The standard InChI is InChI=1S/C32H28NOSi.ClH/c1-26-24-33(25-31(34)27-14-6-2-7-15-27)23-22-32(26)35(28-16-8-3-9-17-28,29-18-10-4-11-19-29)30-20-12-5-13-21-30;/h2-24H,25H2,1H3;1H/q+1;/p-1. The van der Waals surface area contributed by atoms with Gasteiger partial charge in [0.2, 0.25) is 12.3 Å². The molecule has 1 aromatic heterocycles. The molecular formula is C32H28ClNOSi. The lowest BCUT2D eigenvalue weighted by Crippen LogP contribution is -3.00. The lowest BCUT2D eigenvalue weighted by atomic mass is 10.1. The molecule has 178 valence electrons. The van der Waals surface area contributed by atoms with Crippen molar-refractivity contribution in [1.29, 1.82) is 0 Å². The van der Waals surface area contributed by atoms with Gasteiger partial charge in [0, 0.05) is 17.2 Å². The molecule has 0 aliphatic rings. The van der Waals surface area contributed by atoms with Crippen molar-refractivity contribution >= 4 is 34.6 Å². The van der Waals surface area contributed by atoms with Crippen molar-refractivity contribution in [3.8, 4) is 0 Å². The van der Waals surface area contributed by atoms with Gasteiger partial charge in [0.05, 0.1) is 0 Å². The first-order valence-electron chi connectivity index (χ1n) is 11.9. The summed E-state index contributed by atoms with van der Waals surface area (Å²) >= 11 is 0. The summed E-state index contributed by atoms with van der Waals surface area (Å²) in [5.74, 6) is 0.112. The molecule has 0 atom stereocenters. The Balaban J connectivity index is 0.00000304. The number of aromatic nitrogens is 1. The predicted molar refractivity (Wildman–Crippen MR) is 146 cm³/mol. The molecule has 0 radical (unpaired) electrons. The lowest BCUT2D eigenvalue weighted by molar-refractivity contribution is -0.683. The van der Waals surface area contributed by atoms with E-state index in [-0.39, 0.29) is 18.2 Å². The van der Waals surface area contributed by atoms with Crippen LogP contribution in [-0.4, -0.2) is 13.9 Å². The second-order valence-corrected chi connectivity index (χ2v) is 12.6. The Morgan fingerprint density at radius 2 is 1.06 bits per heavy atom. The van der Waals surface area contributed by atoms with Gasteiger partial charge in [-0.15, -0.1) is 0 Å². The molecule has 0 aliphatic heterocycles. The molecule has 0 saturated heterocycles. The summed E-state index contributed by atoms with van der Waals surface area (Å²) in [6, 6.07) is 44.4. The fourth-order valence-corrected chi connectivity index (χ4v) is 10.1. The molecule has 0 N–H and O–H groups in total. The van der Waals surface area contributed by atoms with Gasteiger partial charge in [-0.25, -0.2) is 0 Å². The van der Waals surface area contributed by atoms with E-state index < -0.39 is 8.07 Å². The summed E-state index contributed by atoms with van der Waals surface area (Å²) in [6.45, 7) is 2.50. The van der Waals surface area contributed by atoms with Crippen LogP contribution in [0.4, 0.5) is 0 Å². The largest absolute Gasteiger partial charge is 1.00 e. The van der Waals surface area contributed by atoms with Crippen LogP contribution in [0.3, 0.4) is 0 Å². The van der Waals surface area contributed by atoms with Crippen molar-refractivity contribution in [2.45, 2.75) is 13.5 Å². The van der Waals surface area contributed by atoms with Gasteiger partial charge in [0.15, 0.2) is 20.5 Å². The molecule has 0 fully saturated rings. The molecule has 5 aromatic rings. The van der Waals surface area contributed by atoms with Crippen molar-refractivity contribution in [2.75, 3.05) is 0 Å². The summed E-state index contributed by atoms with van der Waals surface area (Å²) < 4.78 is 2.01. The van der Waals surface area contributed by atoms with E-state index in [2.05, 4.69) is 116 Å². The van der Waals surface area contributed by atoms with Crippen molar-refractivity contribution in [3.05, 3.63) is 151 Å². The number of hydrogen-bond acceptors (Lipinski definition) is 1. The van der Waals surface area contributed by atoms with E-state index in [0.717, 1.165) is 5.56 Å². The van der Waals surface area contributed by atoms with Crippen LogP contribution in [0.15, 0.2) is 140 Å². The highest BCUT2D eigenvalue weighted by molar-refractivity contribution is 7.20. The Hall–Kier alpha value is -3.79. The molecule has 0 saturated carbocycles. The molecule has 0 spiro atoms. The molecule has 0 amide bonds. The van der Waals surface area contributed by atoms with Crippen LogP contribution in [0, 0.1) is 6.92 Å². The molecular weight excluding hydrogens is 478 g/mol. The number of carbonyl (C=O) groups excluding carboxylic acids is 1. The van der Waals surface area contributed by atoms with E-state index >= 15 is 0 Å². The van der Waals surface area contributed by atoms with E-state index in [0.29, 0.717) is 6.54 Å². The number of hydrogen-bond donors (Lipinski definition) is 0. The van der Waals surface area contributed by atoms with Gasteiger partial charge < -0.3 is 12.4 Å². The maximum absolute atomic E-state index is 12.9. The number of pyridine rings is 1. The third kappa shape index (κ3) is 4.81. The third-order valence-corrected chi connectivity index (χ3v) is 11.6. The summed E-state index contributed by atoms with van der Waals surface area (Å²) in [6.07, 6.45) is 4.20. The lowest BCUT2D eigenvalue weighted by Gasteiger charge is -2.35. The van der Waals surface area contributed by atoms with Crippen LogP contribution in [0.25, 0.3) is 0 Å². The Morgan fingerprint density at radius 3 is 1.47 bits per heavy atom. The van der Waals surface area contributed by atoms with Crippen molar-refractivity contribution in [1.82, 2.24) is 0 Å². The third-order valence-electron chi connectivity index (χ3n) is 6.66. The zero-order valence-corrected chi connectivity index (χ0v) is 22.0. The van der Waals surface area contributed by atoms with Gasteiger partial charge in [0.25, 0.3) is 0 Å². The van der Waals surface area contributed by atoms with E-state index in [1.165, 1.54) is 26.3 Å². The van der Waals surface area contributed by atoms with Gasteiger partial charge in [-0.05, 0) is 27.7 Å². The highest BCUT2D eigenvalue weighted by atomic mass is 35.5. The smallest absolute Gasteiger partial charge is 0.227 e. The first kappa shape index (κ1) is 25.3. The SMILES string of the molecule is Cc1c[n+](CC(=O)c2ccccc2)ccc1[Si](c1ccccc1)(c1ccccc1)c1ccccc1.[Cl-]. The topological polar surface area (TPSA) is 20.9 Å². The van der Waals surface area contributed by atoms with Gasteiger partial charge in [-0.1, -0.05) is 121 Å². The highest BCUT2D eigenvalue weighted by Gasteiger charge is 2.42. The summed E-state index contributed by atoms with van der Waals surface area (Å²) in [5.41, 5.74) is 1.93. The zero-order chi connectivity index (χ0) is 24.1. The van der Waals surface area contributed by atoms with Crippen LogP contribution >= 0.6 is 0 Å². The number of aryl methyl sites for hydroxylation is 1. The number of carbonyl (C=O) groups is 1. The van der Waals surface area contributed by atoms with E-state index in [1.807, 2.05) is 34.9 Å². The monoisotopic (exact) mass is 505 g/mol. The van der Waals surface area contributed by atoms with Crippen LogP contribution in [0.5, 0.6) is 0 Å². The van der Waals surface area contributed by atoms with Crippen LogP contribution < -0.4 is 37.7 Å². The second-order valence-electron chi connectivity index (χ2n) is 8.85.